The van der Waals surface area contributed by atoms with Crippen molar-refractivity contribution in [2.75, 3.05) is 5.75 Å². The number of amides is 1. The van der Waals surface area contributed by atoms with Gasteiger partial charge in [-0.1, -0.05) is 0 Å². The van der Waals surface area contributed by atoms with Crippen molar-refractivity contribution in [3.05, 3.63) is 26.4 Å². The Hall–Kier alpha value is -0.940. The van der Waals surface area contributed by atoms with E-state index < -0.39 is 56.3 Å². The standard InChI is InChI=1S/C14H14Br2F3NO4S/c1-14(2,3)24-13(23)20-5(12(21)22)4-25-11-9(18)7(16)6(15)8(17)10(11)19/h5H,4H2,1-3H3,(H,20,23)(H,21,22). The van der Waals surface area contributed by atoms with Crippen molar-refractivity contribution >= 4 is 55.7 Å². The first-order valence-electron chi connectivity index (χ1n) is 6.71. The summed E-state index contributed by atoms with van der Waals surface area (Å²) >= 11 is 5.89. The van der Waals surface area contributed by atoms with Crippen molar-refractivity contribution in [2.45, 2.75) is 37.3 Å². The number of nitrogens with one attached hydrogen (secondary N) is 1. The summed E-state index contributed by atoms with van der Waals surface area (Å²) in [6.45, 7) is 4.76. The number of benzene rings is 1. The zero-order chi connectivity index (χ0) is 19.5. The summed E-state index contributed by atoms with van der Waals surface area (Å²) in [5, 5.41) is 11.2. The summed E-state index contributed by atoms with van der Waals surface area (Å²) in [6, 6.07) is -1.50. The molecular weight excluding hydrogens is 495 g/mol. The lowest BCUT2D eigenvalue weighted by Gasteiger charge is -2.22. The molecule has 11 heteroatoms. The van der Waals surface area contributed by atoms with Gasteiger partial charge >= 0.3 is 12.1 Å². The Kier molecular flexibility index (Phi) is 7.63. The van der Waals surface area contributed by atoms with E-state index in [4.69, 9.17) is 9.84 Å². The van der Waals surface area contributed by atoms with Crippen molar-refractivity contribution in [3.8, 4) is 0 Å². The second-order valence-corrected chi connectivity index (χ2v) is 8.36. The summed E-state index contributed by atoms with van der Waals surface area (Å²) < 4.78 is 45.8. The Morgan fingerprint density at radius 3 is 2.16 bits per heavy atom. The van der Waals surface area contributed by atoms with Crippen molar-refractivity contribution in [3.63, 3.8) is 0 Å². The average Bonchev–Trinajstić information content (AvgIpc) is 2.47. The van der Waals surface area contributed by atoms with E-state index in [0.29, 0.717) is 11.8 Å². The molecule has 0 saturated heterocycles. The maximum Gasteiger partial charge on any atom is 0.408 e. The largest absolute Gasteiger partial charge is 0.480 e. The van der Waals surface area contributed by atoms with Crippen LogP contribution in [-0.2, 0) is 9.53 Å². The first-order chi connectivity index (χ1) is 11.3. The number of hydrogen-bond donors (Lipinski definition) is 2. The second kappa shape index (κ2) is 8.63. The third-order valence-electron chi connectivity index (χ3n) is 2.55. The molecule has 0 saturated carbocycles. The third kappa shape index (κ3) is 6.07. The Morgan fingerprint density at radius 1 is 1.16 bits per heavy atom. The quantitative estimate of drug-likeness (QED) is 0.342. The van der Waals surface area contributed by atoms with Crippen LogP contribution < -0.4 is 5.32 Å². The molecule has 0 aliphatic carbocycles. The fourth-order valence-electron chi connectivity index (χ4n) is 1.50. The van der Waals surface area contributed by atoms with E-state index in [1.807, 2.05) is 0 Å². The number of halogens is 5. The van der Waals surface area contributed by atoms with Gasteiger partial charge in [0.1, 0.15) is 11.6 Å². The van der Waals surface area contributed by atoms with Crippen molar-refractivity contribution in [1.29, 1.82) is 0 Å². The van der Waals surface area contributed by atoms with Crippen molar-refractivity contribution in [2.24, 2.45) is 0 Å². The van der Waals surface area contributed by atoms with Gasteiger partial charge in [-0.3, -0.25) is 0 Å². The third-order valence-corrected chi connectivity index (χ3v) is 5.72. The van der Waals surface area contributed by atoms with Crippen LogP contribution in [0.2, 0.25) is 0 Å². The van der Waals surface area contributed by atoms with Crippen molar-refractivity contribution < 1.29 is 32.6 Å². The summed E-state index contributed by atoms with van der Waals surface area (Å²) in [4.78, 5) is 22.2. The van der Waals surface area contributed by atoms with E-state index in [2.05, 4.69) is 37.2 Å². The number of carboxylic acids is 1. The number of thioether (sulfide) groups is 1. The van der Waals surface area contributed by atoms with Crippen LogP contribution in [0.3, 0.4) is 0 Å². The van der Waals surface area contributed by atoms with E-state index in [9.17, 15) is 22.8 Å². The van der Waals surface area contributed by atoms with Crippen LogP contribution in [-0.4, -0.2) is 34.6 Å². The summed E-state index contributed by atoms with van der Waals surface area (Å²) in [6.07, 6.45) is -0.996. The number of carboxylic acid groups (broad SMARTS) is 1. The number of hydrogen-bond acceptors (Lipinski definition) is 4. The van der Waals surface area contributed by atoms with Gasteiger partial charge in [-0.05, 0) is 52.6 Å². The Labute approximate surface area is 162 Å². The highest BCUT2D eigenvalue weighted by atomic mass is 79.9. The minimum absolute atomic E-state index is 0.333. The van der Waals surface area contributed by atoms with E-state index in [1.165, 1.54) is 0 Å². The van der Waals surface area contributed by atoms with Crippen LogP contribution in [0.1, 0.15) is 20.8 Å². The number of aliphatic carboxylic acids is 1. The predicted octanol–water partition coefficient (Wildman–Crippen LogP) is 4.70. The van der Waals surface area contributed by atoms with Gasteiger partial charge in [0.2, 0.25) is 0 Å². The van der Waals surface area contributed by atoms with Gasteiger partial charge in [-0.15, -0.1) is 11.8 Å². The normalized spacial score (nSPS) is 12.6. The average molecular weight is 509 g/mol. The molecule has 1 atom stereocenters. The second-order valence-electron chi connectivity index (χ2n) is 5.75. The van der Waals surface area contributed by atoms with E-state index in [1.54, 1.807) is 20.8 Å². The molecule has 0 heterocycles. The zero-order valence-electron chi connectivity index (χ0n) is 13.3. The minimum atomic E-state index is -1.50. The highest BCUT2D eigenvalue weighted by Gasteiger charge is 2.27. The van der Waals surface area contributed by atoms with Crippen LogP contribution in [0.4, 0.5) is 18.0 Å². The summed E-state index contributed by atoms with van der Waals surface area (Å²) in [5.41, 5.74) is -0.849. The summed E-state index contributed by atoms with van der Waals surface area (Å²) in [5.74, 6) is -5.75. The lowest BCUT2D eigenvalue weighted by Crippen LogP contribution is -2.44. The molecule has 1 amide bonds. The van der Waals surface area contributed by atoms with E-state index >= 15 is 0 Å². The highest BCUT2D eigenvalue weighted by Crippen LogP contribution is 2.38. The Bertz CT molecular complexity index is 669. The summed E-state index contributed by atoms with van der Waals surface area (Å²) in [7, 11) is 0. The lowest BCUT2D eigenvalue weighted by molar-refractivity contribution is -0.138. The number of ether oxygens (including phenoxy) is 1. The molecule has 2 N–H and O–H groups in total. The molecule has 1 aromatic rings. The Balaban J connectivity index is 2.93. The SMILES string of the molecule is CC(C)(C)OC(=O)NC(CSc1c(F)c(F)c(Br)c(Br)c1F)C(=O)O. The molecule has 0 bridgehead atoms. The number of alkyl carbamates (subject to hydrolysis) is 1. The van der Waals surface area contributed by atoms with Crippen LogP contribution in [0.15, 0.2) is 13.8 Å². The minimum Gasteiger partial charge on any atom is -0.480 e. The molecule has 1 rings (SSSR count). The molecular formula is C14H14Br2F3NO4S. The van der Waals surface area contributed by atoms with Crippen molar-refractivity contribution in [1.82, 2.24) is 5.32 Å². The topological polar surface area (TPSA) is 75.6 Å². The fourth-order valence-corrected chi connectivity index (χ4v) is 3.36. The van der Waals surface area contributed by atoms with E-state index in [-0.39, 0.29) is 4.47 Å². The molecule has 0 spiro atoms. The first kappa shape index (κ1) is 22.1. The molecule has 25 heavy (non-hydrogen) atoms. The molecule has 140 valence electrons. The van der Waals surface area contributed by atoms with Gasteiger partial charge in [0.25, 0.3) is 0 Å². The van der Waals surface area contributed by atoms with Gasteiger partial charge in [-0.25, -0.2) is 22.8 Å². The molecule has 0 aromatic heterocycles. The highest BCUT2D eigenvalue weighted by molar-refractivity contribution is 9.13. The molecule has 0 aliphatic rings. The van der Waals surface area contributed by atoms with Gasteiger partial charge < -0.3 is 15.2 Å². The van der Waals surface area contributed by atoms with Gasteiger partial charge in [0.05, 0.1) is 13.8 Å². The van der Waals surface area contributed by atoms with Crippen LogP contribution in [0.25, 0.3) is 0 Å². The Morgan fingerprint density at radius 2 is 1.68 bits per heavy atom. The maximum atomic E-state index is 14.1. The van der Waals surface area contributed by atoms with Gasteiger partial charge in [0, 0.05) is 5.75 Å². The lowest BCUT2D eigenvalue weighted by atomic mass is 10.2. The smallest absolute Gasteiger partial charge is 0.408 e. The predicted molar refractivity (Wildman–Crippen MR) is 93.2 cm³/mol. The van der Waals surface area contributed by atoms with Crippen LogP contribution in [0.5, 0.6) is 0 Å². The van der Waals surface area contributed by atoms with Gasteiger partial charge in [-0.2, -0.15) is 0 Å². The van der Waals surface area contributed by atoms with Crippen LogP contribution in [0, 0.1) is 17.5 Å². The van der Waals surface area contributed by atoms with Gasteiger partial charge in [0.15, 0.2) is 17.5 Å². The number of carbonyl (C=O) groups excluding carboxylic acids is 1. The fraction of sp³-hybridized carbons (Fsp3) is 0.429. The molecule has 0 fully saturated rings. The molecule has 0 aliphatic heterocycles. The molecule has 1 unspecified atom stereocenters. The van der Waals surface area contributed by atoms with Crippen LogP contribution >= 0.6 is 43.6 Å². The van der Waals surface area contributed by atoms with E-state index in [0.717, 1.165) is 0 Å². The molecule has 0 radical (unpaired) electrons. The first-order valence-corrected chi connectivity index (χ1v) is 9.29. The maximum absolute atomic E-state index is 14.1. The monoisotopic (exact) mass is 507 g/mol. The molecule has 1 aromatic carbocycles. The number of rotatable bonds is 5. The number of carbonyl (C=O) groups is 2. The molecule has 5 nitrogen and oxygen atoms in total. The zero-order valence-corrected chi connectivity index (χ0v) is 17.2.